The summed E-state index contributed by atoms with van der Waals surface area (Å²) in [7, 11) is 0. The molecule has 0 aliphatic heterocycles. The third kappa shape index (κ3) is 2.13. The number of pyridine rings is 1. The molecule has 1 aromatic heterocycles. The minimum atomic E-state index is -0.360. The largest absolute Gasteiger partial charge is 0.396 e. The van der Waals surface area contributed by atoms with E-state index in [9.17, 15) is 4.39 Å². The first-order valence-electron chi connectivity index (χ1n) is 4.69. The van der Waals surface area contributed by atoms with Crippen molar-refractivity contribution < 1.29 is 4.39 Å². The van der Waals surface area contributed by atoms with Gasteiger partial charge >= 0.3 is 0 Å². The molecule has 0 unspecified atom stereocenters. The molecule has 0 amide bonds. The van der Waals surface area contributed by atoms with Crippen molar-refractivity contribution in [2.75, 3.05) is 5.73 Å². The van der Waals surface area contributed by atoms with Gasteiger partial charge < -0.3 is 5.73 Å². The van der Waals surface area contributed by atoms with Gasteiger partial charge in [-0.3, -0.25) is 4.98 Å². The maximum Gasteiger partial charge on any atom is 0.146 e. The Morgan fingerprint density at radius 1 is 1.13 bits per heavy atom. The van der Waals surface area contributed by atoms with E-state index >= 15 is 0 Å². The Bertz CT molecular complexity index is 454. The Labute approximate surface area is 87.6 Å². The van der Waals surface area contributed by atoms with E-state index in [1.807, 2.05) is 18.2 Å². The Balaban J connectivity index is 2.29. The van der Waals surface area contributed by atoms with Crippen molar-refractivity contribution in [2.24, 2.45) is 0 Å². The van der Waals surface area contributed by atoms with Crippen LogP contribution in [0.3, 0.4) is 0 Å². The number of rotatable bonds is 2. The molecule has 0 aliphatic rings. The molecule has 3 heteroatoms. The molecule has 0 saturated carbocycles. The van der Waals surface area contributed by atoms with E-state index in [1.54, 1.807) is 18.5 Å². The number of benzene rings is 1. The van der Waals surface area contributed by atoms with Crippen LogP contribution in [-0.4, -0.2) is 4.98 Å². The molecule has 0 atom stereocenters. The van der Waals surface area contributed by atoms with Gasteiger partial charge in [-0.15, -0.1) is 0 Å². The molecule has 2 nitrogen and oxygen atoms in total. The van der Waals surface area contributed by atoms with Crippen LogP contribution < -0.4 is 5.73 Å². The molecule has 2 rings (SSSR count). The highest BCUT2D eigenvalue weighted by molar-refractivity contribution is 5.49. The van der Waals surface area contributed by atoms with Gasteiger partial charge in [0.25, 0.3) is 0 Å². The van der Waals surface area contributed by atoms with Gasteiger partial charge in [-0.1, -0.05) is 12.1 Å². The highest BCUT2D eigenvalue weighted by Crippen LogP contribution is 2.18. The Morgan fingerprint density at radius 3 is 2.60 bits per heavy atom. The lowest BCUT2D eigenvalue weighted by Crippen LogP contribution is -1.98. The molecule has 1 heterocycles. The number of para-hydroxylation sites is 1. The van der Waals surface area contributed by atoms with Gasteiger partial charge in [0.05, 0.1) is 5.69 Å². The number of hydrogen-bond acceptors (Lipinski definition) is 2. The van der Waals surface area contributed by atoms with E-state index in [0.717, 1.165) is 11.1 Å². The molecule has 0 aliphatic carbocycles. The highest BCUT2D eigenvalue weighted by atomic mass is 19.1. The highest BCUT2D eigenvalue weighted by Gasteiger charge is 2.04. The molecule has 2 aromatic rings. The zero-order valence-corrected chi connectivity index (χ0v) is 8.15. The molecular formula is C12H11FN2. The molecule has 2 N–H and O–H groups in total. The molecule has 76 valence electrons. The molecular weight excluding hydrogens is 191 g/mol. The van der Waals surface area contributed by atoms with E-state index in [1.165, 1.54) is 6.07 Å². The van der Waals surface area contributed by atoms with E-state index in [0.29, 0.717) is 6.42 Å². The lowest BCUT2D eigenvalue weighted by molar-refractivity contribution is 0.631. The first kappa shape index (κ1) is 9.65. The summed E-state index contributed by atoms with van der Waals surface area (Å²) in [6.45, 7) is 0. The number of nitrogens with zero attached hydrogens (tertiary/aromatic N) is 1. The molecule has 0 bridgehead atoms. The van der Waals surface area contributed by atoms with Crippen molar-refractivity contribution in [3.8, 4) is 0 Å². The summed E-state index contributed by atoms with van der Waals surface area (Å²) in [4.78, 5) is 3.92. The number of hydrogen-bond donors (Lipinski definition) is 1. The van der Waals surface area contributed by atoms with Crippen LogP contribution in [0.1, 0.15) is 11.1 Å². The second kappa shape index (κ2) is 4.09. The van der Waals surface area contributed by atoms with Crippen LogP contribution in [0.25, 0.3) is 0 Å². The number of nitrogen functional groups attached to an aromatic ring is 1. The molecule has 15 heavy (non-hydrogen) atoms. The number of halogens is 1. The molecule has 0 saturated heterocycles. The van der Waals surface area contributed by atoms with Crippen LogP contribution in [0.4, 0.5) is 10.1 Å². The zero-order valence-electron chi connectivity index (χ0n) is 8.15. The SMILES string of the molecule is Nc1c(F)cccc1Cc1ccncc1. The van der Waals surface area contributed by atoms with E-state index in [-0.39, 0.29) is 11.5 Å². The van der Waals surface area contributed by atoms with Crippen LogP contribution in [0.2, 0.25) is 0 Å². The summed E-state index contributed by atoms with van der Waals surface area (Å²) < 4.78 is 13.1. The van der Waals surface area contributed by atoms with E-state index in [4.69, 9.17) is 5.73 Å². The van der Waals surface area contributed by atoms with Gasteiger partial charge in [0, 0.05) is 12.4 Å². The molecule has 0 fully saturated rings. The minimum Gasteiger partial charge on any atom is -0.396 e. The van der Waals surface area contributed by atoms with Gasteiger partial charge in [-0.05, 0) is 35.7 Å². The fourth-order valence-electron chi connectivity index (χ4n) is 1.46. The first-order valence-corrected chi connectivity index (χ1v) is 4.69. The first-order chi connectivity index (χ1) is 7.27. The van der Waals surface area contributed by atoms with Crippen molar-refractivity contribution >= 4 is 5.69 Å². The third-order valence-corrected chi connectivity index (χ3v) is 2.29. The van der Waals surface area contributed by atoms with Gasteiger partial charge in [0.15, 0.2) is 0 Å². The summed E-state index contributed by atoms with van der Waals surface area (Å²) in [6.07, 6.45) is 4.06. The fraction of sp³-hybridized carbons (Fsp3) is 0.0833. The van der Waals surface area contributed by atoms with E-state index < -0.39 is 0 Å². The Kier molecular flexibility index (Phi) is 2.63. The Hall–Kier alpha value is -1.90. The quantitative estimate of drug-likeness (QED) is 0.759. The lowest BCUT2D eigenvalue weighted by atomic mass is 10.0. The second-order valence-corrected chi connectivity index (χ2v) is 3.34. The van der Waals surface area contributed by atoms with Gasteiger partial charge in [-0.2, -0.15) is 0 Å². The van der Waals surface area contributed by atoms with Crippen molar-refractivity contribution in [1.82, 2.24) is 4.98 Å². The van der Waals surface area contributed by atoms with Crippen molar-refractivity contribution in [2.45, 2.75) is 6.42 Å². The van der Waals surface area contributed by atoms with Crippen LogP contribution >= 0.6 is 0 Å². The topological polar surface area (TPSA) is 38.9 Å². The maximum absolute atomic E-state index is 13.1. The second-order valence-electron chi connectivity index (χ2n) is 3.34. The van der Waals surface area contributed by atoms with Crippen molar-refractivity contribution in [3.05, 3.63) is 59.7 Å². The standard InChI is InChI=1S/C12H11FN2/c13-11-3-1-2-10(12(11)14)8-9-4-6-15-7-5-9/h1-7H,8,14H2. The number of nitrogens with two attached hydrogens (primary N) is 1. The predicted molar refractivity (Wildman–Crippen MR) is 57.9 cm³/mol. The lowest BCUT2D eigenvalue weighted by Gasteiger charge is -2.05. The van der Waals surface area contributed by atoms with E-state index in [2.05, 4.69) is 4.98 Å². The van der Waals surface area contributed by atoms with Crippen molar-refractivity contribution in [1.29, 1.82) is 0 Å². The predicted octanol–water partition coefficient (Wildman–Crippen LogP) is 2.39. The fourth-order valence-corrected chi connectivity index (χ4v) is 1.46. The maximum atomic E-state index is 13.1. The summed E-state index contributed by atoms with van der Waals surface area (Å²) >= 11 is 0. The summed E-state index contributed by atoms with van der Waals surface area (Å²) in [6, 6.07) is 8.65. The van der Waals surface area contributed by atoms with Gasteiger partial charge in [-0.25, -0.2) is 4.39 Å². The smallest absolute Gasteiger partial charge is 0.146 e. The van der Waals surface area contributed by atoms with Crippen LogP contribution in [0.5, 0.6) is 0 Å². The Morgan fingerprint density at radius 2 is 1.87 bits per heavy atom. The average molecular weight is 202 g/mol. The van der Waals surface area contributed by atoms with Crippen LogP contribution in [-0.2, 0) is 6.42 Å². The van der Waals surface area contributed by atoms with Crippen LogP contribution in [0, 0.1) is 5.82 Å². The zero-order chi connectivity index (χ0) is 10.7. The average Bonchev–Trinajstić information content (AvgIpc) is 2.26. The molecule has 1 aromatic carbocycles. The third-order valence-electron chi connectivity index (χ3n) is 2.29. The van der Waals surface area contributed by atoms with Gasteiger partial charge in [0.1, 0.15) is 5.82 Å². The van der Waals surface area contributed by atoms with Crippen molar-refractivity contribution in [3.63, 3.8) is 0 Å². The summed E-state index contributed by atoms with van der Waals surface area (Å²) in [5.41, 5.74) is 7.75. The van der Waals surface area contributed by atoms with Gasteiger partial charge in [0.2, 0.25) is 0 Å². The van der Waals surface area contributed by atoms with Crippen LogP contribution in [0.15, 0.2) is 42.7 Å². The minimum absolute atomic E-state index is 0.231. The number of anilines is 1. The normalized spacial score (nSPS) is 10.2. The monoisotopic (exact) mass is 202 g/mol. The summed E-state index contributed by atoms with van der Waals surface area (Å²) in [5.74, 6) is -0.360. The number of aromatic nitrogens is 1. The molecule has 0 spiro atoms. The molecule has 0 radical (unpaired) electrons. The summed E-state index contributed by atoms with van der Waals surface area (Å²) in [5, 5.41) is 0.